The summed E-state index contributed by atoms with van der Waals surface area (Å²) in [5.74, 6) is -0.368. The number of phenolic OH excluding ortho intramolecular Hbond substituents is 1. The van der Waals surface area contributed by atoms with E-state index in [1.54, 1.807) is 18.2 Å². The van der Waals surface area contributed by atoms with Crippen LogP contribution in [0.25, 0.3) is 0 Å². The van der Waals surface area contributed by atoms with Gasteiger partial charge in [0, 0.05) is 22.6 Å². The highest BCUT2D eigenvalue weighted by atomic mass is 32.3. The fourth-order valence-electron chi connectivity index (χ4n) is 4.78. The van der Waals surface area contributed by atoms with E-state index in [0.717, 1.165) is 48.1 Å². The predicted molar refractivity (Wildman–Crippen MR) is 134 cm³/mol. The van der Waals surface area contributed by atoms with Crippen LogP contribution in [0.5, 0.6) is 11.5 Å². The van der Waals surface area contributed by atoms with E-state index in [-0.39, 0.29) is 22.8 Å². The van der Waals surface area contributed by atoms with Gasteiger partial charge in [0.1, 0.15) is 11.5 Å². The summed E-state index contributed by atoms with van der Waals surface area (Å²) < 4.78 is 28.5. The molecule has 0 fully saturated rings. The van der Waals surface area contributed by atoms with Crippen molar-refractivity contribution in [1.29, 1.82) is 0 Å². The summed E-state index contributed by atoms with van der Waals surface area (Å²) in [6, 6.07) is 10.7. The highest BCUT2D eigenvalue weighted by Crippen LogP contribution is 2.63. The van der Waals surface area contributed by atoms with Crippen LogP contribution >= 0.6 is 22.4 Å². The molecule has 4 N–H and O–H groups in total. The van der Waals surface area contributed by atoms with Crippen LogP contribution < -0.4 is 4.74 Å². The van der Waals surface area contributed by atoms with Crippen molar-refractivity contribution in [2.75, 3.05) is 18.6 Å². The van der Waals surface area contributed by atoms with Crippen LogP contribution in [0.15, 0.2) is 46.2 Å². The Bertz CT molecular complexity index is 976. The molecular formula is C25H34O6S2. The van der Waals surface area contributed by atoms with Crippen LogP contribution in [0, 0.1) is 5.41 Å². The van der Waals surface area contributed by atoms with Crippen molar-refractivity contribution < 1.29 is 28.8 Å². The van der Waals surface area contributed by atoms with Gasteiger partial charge >= 0.3 is 5.97 Å². The van der Waals surface area contributed by atoms with E-state index in [4.69, 9.17) is 9.84 Å². The summed E-state index contributed by atoms with van der Waals surface area (Å²) in [6.07, 6.45) is 6.41. The lowest BCUT2D eigenvalue weighted by atomic mass is 9.71. The zero-order valence-corrected chi connectivity index (χ0v) is 21.0. The van der Waals surface area contributed by atoms with Crippen molar-refractivity contribution in [3.8, 4) is 11.5 Å². The third-order valence-corrected chi connectivity index (χ3v) is 9.46. The van der Waals surface area contributed by atoms with Crippen molar-refractivity contribution >= 4 is 28.3 Å². The maximum absolute atomic E-state index is 11.5. The zero-order valence-electron chi connectivity index (χ0n) is 19.4. The van der Waals surface area contributed by atoms with Crippen LogP contribution in [0.4, 0.5) is 0 Å². The van der Waals surface area contributed by atoms with Crippen LogP contribution in [0.3, 0.4) is 0 Å². The lowest BCUT2D eigenvalue weighted by Gasteiger charge is -2.41. The van der Waals surface area contributed by atoms with Gasteiger partial charge in [0.2, 0.25) is 0 Å². The lowest BCUT2D eigenvalue weighted by molar-refractivity contribution is -0.139. The Kier molecular flexibility index (Phi) is 8.26. The second kappa shape index (κ2) is 10.6. The molecule has 1 heterocycles. The molecule has 2 aromatic rings. The predicted octanol–water partition coefficient (Wildman–Crippen LogP) is 6.81. The molecule has 0 spiro atoms. The van der Waals surface area contributed by atoms with Crippen molar-refractivity contribution in [1.82, 2.24) is 0 Å². The van der Waals surface area contributed by atoms with Gasteiger partial charge in [-0.05, 0) is 60.3 Å². The molecule has 0 saturated carbocycles. The lowest BCUT2D eigenvalue weighted by Crippen LogP contribution is -2.28. The smallest absolute Gasteiger partial charge is 0.341 e. The Balaban J connectivity index is 2.22. The van der Waals surface area contributed by atoms with E-state index >= 15 is 0 Å². The minimum Gasteiger partial charge on any atom is -0.508 e. The number of fused-ring (bicyclic) bond motifs is 1. The van der Waals surface area contributed by atoms with Gasteiger partial charge in [-0.25, -0.2) is 4.79 Å². The normalized spacial score (nSPS) is 22.8. The highest BCUT2D eigenvalue weighted by molar-refractivity contribution is 8.24. The number of unbranched alkanes of at least 4 members (excludes halogenated alkanes) is 1. The van der Waals surface area contributed by atoms with Gasteiger partial charge in [-0.2, -0.15) is 10.6 Å². The average Bonchev–Trinajstić information content (AvgIpc) is 2.88. The molecule has 1 aliphatic heterocycles. The number of carboxylic acids is 1. The largest absolute Gasteiger partial charge is 0.508 e. The summed E-state index contributed by atoms with van der Waals surface area (Å²) in [5, 5.41) is 18.9. The van der Waals surface area contributed by atoms with E-state index in [2.05, 4.69) is 13.8 Å². The molecule has 2 atom stereocenters. The minimum atomic E-state index is -3.15. The number of thioether (sulfide) groups is 1. The second-order valence-electron chi connectivity index (χ2n) is 8.84. The maximum atomic E-state index is 11.5. The molecule has 8 heteroatoms. The summed E-state index contributed by atoms with van der Waals surface area (Å²) in [4.78, 5) is 12.3. The van der Waals surface area contributed by atoms with Gasteiger partial charge in [-0.3, -0.25) is 9.11 Å². The highest BCUT2D eigenvalue weighted by Gasteiger charge is 2.42. The average molecular weight is 495 g/mol. The molecule has 33 heavy (non-hydrogen) atoms. The summed E-state index contributed by atoms with van der Waals surface area (Å²) in [5.41, 5.74) is 1.59. The second-order valence-corrected chi connectivity index (χ2v) is 11.7. The number of aromatic hydroxyl groups is 1. The van der Waals surface area contributed by atoms with Gasteiger partial charge in [-0.1, -0.05) is 38.8 Å². The third kappa shape index (κ3) is 5.80. The molecular weight excluding hydrogens is 460 g/mol. The molecule has 6 nitrogen and oxygen atoms in total. The fourth-order valence-corrected chi connectivity index (χ4v) is 7.70. The first kappa shape index (κ1) is 25.7. The van der Waals surface area contributed by atoms with E-state index in [9.17, 15) is 19.0 Å². The van der Waals surface area contributed by atoms with Crippen molar-refractivity contribution in [2.24, 2.45) is 5.41 Å². The summed E-state index contributed by atoms with van der Waals surface area (Å²) >= 11 is 1.43. The molecule has 2 unspecified atom stereocenters. The van der Waals surface area contributed by atoms with Crippen LogP contribution in [-0.2, 0) is 4.79 Å². The standard InChI is InChI=1S/C25H34O6S2/c1-4-6-11-25(5-2)14-20(17-7-9-18(26)10-8-17)19-12-22(32-3)21(31-15-24(27)28)13-23(19)33(29,30)16-25/h7-10,12-13,20,26,29-30H,4-6,11,14-16H2,1-3H3,(H,27,28). The molecule has 0 aromatic heterocycles. The SMILES string of the molecule is CCCCC1(CC)CC(c2ccc(O)cc2)c2cc(SC)c(OCC(=O)O)cc2S(O)(O)C1. The molecule has 1 aliphatic rings. The Hall–Kier alpha value is -1.87. The topological polar surface area (TPSA) is 107 Å². The number of hydrogen-bond acceptors (Lipinski definition) is 6. The first-order valence-corrected chi connectivity index (χ1v) is 14.2. The quantitative estimate of drug-likeness (QED) is 0.284. The number of ether oxygens (including phenoxy) is 1. The van der Waals surface area contributed by atoms with Crippen molar-refractivity contribution in [3.63, 3.8) is 0 Å². The maximum Gasteiger partial charge on any atom is 0.341 e. The van der Waals surface area contributed by atoms with Crippen molar-refractivity contribution in [3.05, 3.63) is 47.5 Å². The van der Waals surface area contributed by atoms with Crippen LogP contribution in [0.1, 0.15) is 63.0 Å². The summed E-state index contributed by atoms with van der Waals surface area (Å²) in [6.45, 7) is 3.76. The van der Waals surface area contributed by atoms with Gasteiger partial charge in [0.15, 0.2) is 6.61 Å². The summed E-state index contributed by atoms with van der Waals surface area (Å²) in [7, 11) is -3.15. The first-order chi connectivity index (χ1) is 15.6. The van der Waals surface area contributed by atoms with Crippen LogP contribution in [0.2, 0.25) is 0 Å². The number of hydrogen-bond donors (Lipinski definition) is 4. The molecule has 0 saturated heterocycles. The third-order valence-electron chi connectivity index (χ3n) is 6.63. The molecule has 0 bridgehead atoms. The molecule has 182 valence electrons. The zero-order chi connectivity index (χ0) is 24.2. The minimum absolute atomic E-state index is 0.0921. The van der Waals surface area contributed by atoms with E-state index in [0.29, 0.717) is 10.6 Å². The number of aliphatic carboxylic acids is 1. The van der Waals surface area contributed by atoms with E-state index < -0.39 is 23.2 Å². The van der Waals surface area contributed by atoms with Gasteiger partial charge in [0.25, 0.3) is 0 Å². The molecule has 0 amide bonds. The Morgan fingerprint density at radius 3 is 2.48 bits per heavy atom. The molecule has 3 rings (SSSR count). The number of phenols is 1. The van der Waals surface area contributed by atoms with Gasteiger partial charge in [-0.15, -0.1) is 11.8 Å². The number of carbonyl (C=O) groups is 1. The Morgan fingerprint density at radius 2 is 1.91 bits per heavy atom. The van der Waals surface area contributed by atoms with Crippen molar-refractivity contribution in [2.45, 2.75) is 61.7 Å². The number of benzene rings is 2. The number of carboxylic acid groups (broad SMARTS) is 1. The van der Waals surface area contributed by atoms with Gasteiger partial charge < -0.3 is 14.9 Å². The Morgan fingerprint density at radius 1 is 1.21 bits per heavy atom. The Labute approximate surface area is 201 Å². The first-order valence-electron chi connectivity index (χ1n) is 11.3. The van der Waals surface area contributed by atoms with E-state index in [1.807, 2.05) is 24.5 Å². The molecule has 0 aliphatic carbocycles. The van der Waals surface area contributed by atoms with Crippen LogP contribution in [-0.4, -0.2) is 43.9 Å². The van der Waals surface area contributed by atoms with Gasteiger partial charge in [0.05, 0.1) is 4.90 Å². The monoisotopic (exact) mass is 494 g/mol. The fraction of sp³-hybridized carbons (Fsp3) is 0.480. The molecule has 0 radical (unpaired) electrons. The molecule has 2 aromatic carbocycles. The number of rotatable bonds is 9. The van der Waals surface area contributed by atoms with E-state index in [1.165, 1.54) is 11.8 Å².